The van der Waals surface area contributed by atoms with Crippen molar-refractivity contribution in [2.45, 2.75) is 44.3 Å². The number of aromatic nitrogens is 2. The average molecular weight is 354 g/mol. The third-order valence-corrected chi connectivity index (χ3v) is 4.16. The van der Waals surface area contributed by atoms with E-state index in [1.807, 2.05) is 0 Å². The van der Waals surface area contributed by atoms with Crippen molar-refractivity contribution in [3.63, 3.8) is 0 Å². The van der Waals surface area contributed by atoms with Gasteiger partial charge in [0.05, 0.1) is 4.47 Å². The highest BCUT2D eigenvalue weighted by molar-refractivity contribution is 9.10. The number of hydrogen-bond donors (Lipinski definition) is 1. The Labute approximate surface area is 122 Å². The number of hydrogen-bond acceptors (Lipinski definition) is 2. The fraction of sp³-hybridized carbons (Fsp3) is 0.667. The van der Waals surface area contributed by atoms with Crippen LogP contribution in [0.2, 0.25) is 0 Å². The summed E-state index contributed by atoms with van der Waals surface area (Å²) in [5.41, 5.74) is -1.17. The summed E-state index contributed by atoms with van der Waals surface area (Å²) < 4.78 is 38.8. The summed E-state index contributed by atoms with van der Waals surface area (Å²) >= 11 is 2.84. The van der Waals surface area contributed by atoms with Gasteiger partial charge >= 0.3 is 6.18 Å². The van der Waals surface area contributed by atoms with E-state index in [1.54, 1.807) is 0 Å². The van der Waals surface area contributed by atoms with Gasteiger partial charge < -0.3 is 5.32 Å². The average Bonchev–Trinajstić information content (AvgIpc) is 2.66. The topological polar surface area (TPSA) is 46.9 Å². The minimum Gasteiger partial charge on any atom is -0.348 e. The molecule has 20 heavy (non-hydrogen) atoms. The molecule has 112 valence electrons. The Hall–Kier alpha value is -1.05. The van der Waals surface area contributed by atoms with Gasteiger partial charge in [0.2, 0.25) is 0 Å². The second kappa shape index (κ2) is 5.75. The molecule has 1 fully saturated rings. The molecule has 0 aliphatic heterocycles. The van der Waals surface area contributed by atoms with Crippen LogP contribution >= 0.6 is 15.9 Å². The zero-order valence-electron chi connectivity index (χ0n) is 10.9. The van der Waals surface area contributed by atoms with Crippen molar-refractivity contribution in [3.05, 3.63) is 15.9 Å². The molecule has 4 nitrogen and oxygen atoms in total. The highest BCUT2D eigenvalue weighted by Crippen LogP contribution is 2.35. The number of rotatable bonds is 2. The second-order valence-corrected chi connectivity index (χ2v) is 5.73. The Morgan fingerprint density at radius 3 is 2.45 bits per heavy atom. The molecule has 0 saturated heterocycles. The molecule has 1 saturated carbocycles. The number of alkyl halides is 3. The molecule has 1 aromatic rings. The SMILES string of the molecule is Cn1nc(C(F)(F)F)c(Br)c1C(=O)NC1CCCCC1. The van der Waals surface area contributed by atoms with Crippen LogP contribution in [-0.2, 0) is 13.2 Å². The van der Waals surface area contributed by atoms with Gasteiger partial charge in [0, 0.05) is 13.1 Å². The van der Waals surface area contributed by atoms with Crippen LogP contribution in [0.5, 0.6) is 0 Å². The highest BCUT2D eigenvalue weighted by atomic mass is 79.9. The van der Waals surface area contributed by atoms with Crippen molar-refractivity contribution in [1.82, 2.24) is 15.1 Å². The quantitative estimate of drug-likeness (QED) is 0.886. The predicted octanol–water partition coefficient (Wildman–Crippen LogP) is 3.26. The van der Waals surface area contributed by atoms with Gasteiger partial charge in [0.25, 0.3) is 5.91 Å². The van der Waals surface area contributed by atoms with Crippen molar-refractivity contribution in [1.29, 1.82) is 0 Å². The molecule has 1 aliphatic rings. The van der Waals surface area contributed by atoms with Crippen LogP contribution in [0, 0.1) is 0 Å². The fourth-order valence-corrected chi connectivity index (χ4v) is 3.17. The van der Waals surface area contributed by atoms with Crippen LogP contribution in [0.25, 0.3) is 0 Å². The van der Waals surface area contributed by atoms with E-state index in [4.69, 9.17) is 0 Å². The van der Waals surface area contributed by atoms with E-state index in [0.29, 0.717) is 0 Å². The van der Waals surface area contributed by atoms with E-state index in [2.05, 4.69) is 26.3 Å². The Morgan fingerprint density at radius 2 is 1.95 bits per heavy atom. The van der Waals surface area contributed by atoms with Gasteiger partial charge in [0.15, 0.2) is 5.69 Å². The smallest absolute Gasteiger partial charge is 0.348 e. The standard InChI is InChI=1S/C12H15BrF3N3O/c1-19-9(8(13)10(18-19)12(14,15)16)11(20)17-7-5-3-2-4-6-7/h7H,2-6H2,1H3,(H,17,20). The molecule has 1 amide bonds. The summed E-state index contributed by atoms with van der Waals surface area (Å²) in [4.78, 5) is 12.1. The third kappa shape index (κ3) is 3.16. The Bertz CT molecular complexity index is 507. The number of amides is 1. The first-order valence-electron chi connectivity index (χ1n) is 6.41. The summed E-state index contributed by atoms with van der Waals surface area (Å²) in [5.74, 6) is -0.519. The molecule has 0 radical (unpaired) electrons. The van der Waals surface area contributed by atoms with Gasteiger partial charge in [0.1, 0.15) is 5.69 Å². The minimum absolute atomic E-state index is 0.0346. The molecular formula is C12H15BrF3N3O. The molecule has 0 atom stereocenters. The number of nitrogens with zero attached hydrogens (tertiary/aromatic N) is 2. The second-order valence-electron chi connectivity index (χ2n) is 4.94. The van der Waals surface area contributed by atoms with Gasteiger partial charge in [-0.3, -0.25) is 9.48 Å². The summed E-state index contributed by atoms with van der Waals surface area (Å²) in [5, 5.41) is 6.16. The summed E-state index contributed by atoms with van der Waals surface area (Å²) in [6.07, 6.45) is 0.358. The predicted molar refractivity (Wildman–Crippen MR) is 70.2 cm³/mol. The van der Waals surface area contributed by atoms with E-state index in [1.165, 1.54) is 7.05 Å². The van der Waals surface area contributed by atoms with Crippen molar-refractivity contribution in [2.75, 3.05) is 0 Å². The van der Waals surface area contributed by atoms with Crippen LogP contribution in [0.1, 0.15) is 48.3 Å². The van der Waals surface area contributed by atoms with Crippen LogP contribution < -0.4 is 5.32 Å². The monoisotopic (exact) mass is 353 g/mol. The van der Waals surface area contributed by atoms with E-state index < -0.39 is 17.8 Å². The van der Waals surface area contributed by atoms with Gasteiger partial charge in [-0.15, -0.1) is 0 Å². The van der Waals surface area contributed by atoms with Gasteiger partial charge in [-0.1, -0.05) is 19.3 Å². The largest absolute Gasteiger partial charge is 0.436 e. The fourth-order valence-electron chi connectivity index (χ4n) is 2.43. The van der Waals surface area contributed by atoms with Crippen LogP contribution in [0.3, 0.4) is 0 Å². The first-order valence-corrected chi connectivity index (χ1v) is 7.20. The van der Waals surface area contributed by atoms with Crippen molar-refractivity contribution < 1.29 is 18.0 Å². The van der Waals surface area contributed by atoms with Gasteiger partial charge in [-0.05, 0) is 28.8 Å². The molecule has 8 heteroatoms. The zero-order valence-corrected chi connectivity index (χ0v) is 12.5. The number of carbonyl (C=O) groups is 1. The zero-order chi connectivity index (χ0) is 14.9. The molecule has 2 rings (SSSR count). The van der Waals surface area contributed by atoms with E-state index in [0.717, 1.165) is 36.8 Å². The Balaban J connectivity index is 2.19. The molecule has 1 aromatic heterocycles. The number of halogens is 4. The Kier molecular flexibility index (Phi) is 4.41. The first-order chi connectivity index (χ1) is 9.30. The summed E-state index contributed by atoms with van der Waals surface area (Å²) in [6, 6.07) is 0.0346. The van der Waals surface area contributed by atoms with Crippen LogP contribution in [0.15, 0.2) is 4.47 Å². The molecule has 0 bridgehead atoms. The number of aryl methyl sites for hydroxylation is 1. The van der Waals surface area contributed by atoms with Crippen molar-refractivity contribution in [2.24, 2.45) is 7.05 Å². The first kappa shape index (κ1) is 15.3. The van der Waals surface area contributed by atoms with E-state index >= 15 is 0 Å². The molecule has 0 unspecified atom stereocenters. The number of carbonyl (C=O) groups excluding carboxylic acids is 1. The summed E-state index contributed by atoms with van der Waals surface area (Å²) in [7, 11) is 1.33. The third-order valence-electron chi connectivity index (χ3n) is 3.41. The number of nitrogens with one attached hydrogen (secondary N) is 1. The maximum Gasteiger partial charge on any atom is 0.436 e. The molecule has 1 N–H and O–H groups in total. The molecule has 1 heterocycles. The molecule has 1 aliphatic carbocycles. The lowest BCUT2D eigenvalue weighted by molar-refractivity contribution is -0.142. The van der Waals surface area contributed by atoms with Gasteiger partial charge in [-0.25, -0.2) is 0 Å². The molecular weight excluding hydrogens is 339 g/mol. The summed E-state index contributed by atoms with van der Waals surface area (Å²) in [6.45, 7) is 0. The van der Waals surface area contributed by atoms with E-state index in [-0.39, 0.29) is 16.2 Å². The van der Waals surface area contributed by atoms with Gasteiger partial charge in [-0.2, -0.15) is 18.3 Å². The lowest BCUT2D eigenvalue weighted by atomic mass is 9.95. The van der Waals surface area contributed by atoms with Crippen LogP contribution in [0.4, 0.5) is 13.2 Å². The Morgan fingerprint density at radius 1 is 1.35 bits per heavy atom. The maximum absolute atomic E-state index is 12.7. The highest BCUT2D eigenvalue weighted by Gasteiger charge is 2.39. The maximum atomic E-state index is 12.7. The lowest BCUT2D eigenvalue weighted by Gasteiger charge is -2.22. The van der Waals surface area contributed by atoms with Crippen molar-refractivity contribution in [3.8, 4) is 0 Å². The molecule has 0 spiro atoms. The molecule has 0 aromatic carbocycles. The van der Waals surface area contributed by atoms with Crippen molar-refractivity contribution >= 4 is 21.8 Å². The van der Waals surface area contributed by atoms with Crippen LogP contribution in [-0.4, -0.2) is 21.7 Å². The van der Waals surface area contributed by atoms with E-state index in [9.17, 15) is 18.0 Å². The minimum atomic E-state index is -4.58. The lowest BCUT2D eigenvalue weighted by Crippen LogP contribution is -2.37. The normalized spacial score (nSPS) is 17.2.